The molecule has 0 spiro atoms. The monoisotopic (exact) mass is 375 g/mol. The Balaban J connectivity index is 1.95. The summed E-state index contributed by atoms with van der Waals surface area (Å²) in [6, 6.07) is 7.87. The highest BCUT2D eigenvalue weighted by Gasteiger charge is 2.18. The summed E-state index contributed by atoms with van der Waals surface area (Å²) in [5.74, 6) is 0.285. The first-order valence-corrected chi connectivity index (χ1v) is 8.43. The number of para-hydroxylation sites is 2. The minimum absolute atomic E-state index is 0.267. The third-order valence-electron chi connectivity index (χ3n) is 3.58. The van der Waals surface area contributed by atoms with Gasteiger partial charge in [-0.25, -0.2) is 4.98 Å². The number of fused-ring (bicyclic) bond motifs is 1. The van der Waals surface area contributed by atoms with E-state index in [1.165, 1.54) is 0 Å². The Kier molecular flexibility index (Phi) is 4.47. The zero-order valence-corrected chi connectivity index (χ0v) is 14.7. The van der Waals surface area contributed by atoms with Crippen LogP contribution in [0.4, 0.5) is 5.95 Å². The van der Waals surface area contributed by atoms with Crippen LogP contribution in [0.1, 0.15) is 30.8 Å². The molecule has 0 radical (unpaired) electrons. The van der Waals surface area contributed by atoms with Gasteiger partial charge in [0.25, 0.3) is 5.91 Å². The van der Waals surface area contributed by atoms with Crippen LogP contribution < -0.4 is 5.32 Å². The molecule has 3 rings (SSSR count). The molecule has 1 N–H and O–H groups in total. The van der Waals surface area contributed by atoms with Crippen molar-refractivity contribution in [2.45, 2.75) is 33.4 Å². The van der Waals surface area contributed by atoms with Gasteiger partial charge in [-0.1, -0.05) is 19.1 Å². The largest absolute Gasteiger partial charge is 0.310 e. The molecule has 120 valence electrons. The van der Waals surface area contributed by atoms with Gasteiger partial charge in [-0.2, -0.15) is 5.10 Å². The number of nitrogens with zero attached hydrogens (tertiary/aromatic N) is 4. The van der Waals surface area contributed by atoms with E-state index in [9.17, 15) is 4.79 Å². The van der Waals surface area contributed by atoms with Crippen LogP contribution in [0.5, 0.6) is 0 Å². The predicted molar refractivity (Wildman–Crippen MR) is 93.6 cm³/mol. The van der Waals surface area contributed by atoms with Gasteiger partial charge in [0, 0.05) is 19.3 Å². The van der Waals surface area contributed by atoms with Crippen LogP contribution in [-0.2, 0) is 13.1 Å². The van der Waals surface area contributed by atoms with E-state index in [0.29, 0.717) is 22.7 Å². The molecule has 1 amide bonds. The molecule has 0 saturated heterocycles. The molecule has 7 heteroatoms. The number of aryl methyl sites for hydroxylation is 2. The van der Waals surface area contributed by atoms with Crippen molar-refractivity contribution in [3.8, 4) is 0 Å². The molecule has 6 nitrogen and oxygen atoms in total. The fourth-order valence-electron chi connectivity index (χ4n) is 2.49. The van der Waals surface area contributed by atoms with E-state index in [0.717, 1.165) is 24.0 Å². The number of anilines is 1. The molecule has 23 heavy (non-hydrogen) atoms. The van der Waals surface area contributed by atoms with Gasteiger partial charge >= 0.3 is 0 Å². The van der Waals surface area contributed by atoms with E-state index in [-0.39, 0.29) is 5.91 Å². The maximum Gasteiger partial charge on any atom is 0.279 e. The van der Waals surface area contributed by atoms with Gasteiger partial charge in [0.2, 0.25) is 5.95 Å². The molecule has 0 fully saturated rings. The number of benzene rings is 1. The van der Waals surface area contributed by atoms with Crippen LogP contribution in [0.2, 0.25) is 0 Å². The molecule has 1 aromatic carbocycles. The Hall–Kier alpha value is -2.15. The topological polar surface area (TPSA) is 64.7 Å². The number of nitrogens with one attached hydrogen (secondary N) is 1. The van der Waals surface area contributed by atoms with Crippen molar-refractivity contribution in [2.24, 2.45) is 0 Å². The summed E-state index contributed by atoms with van der Waals surface area (Å²) >= 11 is 3.38. The fraction of sp³-hybridized carbons (Fsp3) is 0.312. The Bertz CT molecular complexity index is 851. The van der Waals surface area contributed by atoms with E-state index in [1.54, 1.807) is 10.9 Å². The highest BCUT2D eigenvalue weighted by molar-refractivity contribution is 9.10. The van der Waals surface area contributed by atoms with Crippen molar-refractivity contribution < 1.29 is 4.79 Å². The number of aromatic nitrogens is 4. The molecule has 0 saturated carbocycles. The van der Waals surface area contributed by atoms with E-state index >= 15 is 0 Å². The molecular weight excluding hydrogens is 358 g/mol. The van der Waals surface area contributed by atoms with E-state index < -0.39 is 0 Å². The van der Waals surface area contributed by atoms with E-state index in [1.807, 2.05) is 35.8 Å². The summed E-state index contributed by atoms with van der Waals surface area (Å²) in [7, 11) is 0. The lowest BCUT2D eigenvalue weighted by Gasteiger charge is -2.08. The number of halogens is 1. The summed E-state index contributed by atoms with van der Waals surface area (Å²) in [6.07, 6.45) is 2.75. The van der Waals surface area contributed by atoms with Gasteiger partial charge in [-0.05, 0) is 41.4 Å². The second-order valence-electron chi connectivity index (χ2n) is 5.21. The predicted octanol–water partition coefficient (Wildman–Crippen LogP) is 3.68. The Morgan fingerprint density at radius 1 is 1.30 bits per heavy atom. The van der Waals surface area contributed by atoms with Crippen molar-refractivity contribution in [2.75, 3.05) is 5.32 Å². The quantitative estimate of drug-likeness (QED) is 0.739. The van der Waals surface area contributed by atoms with Crippen molar-refractivity contribution >= 4 is 38.8 Å². The SMILES string of the molecule is CCCn1c(NC(=O)c2nn(CC)cc2Br)nc2ccccc21. The number of amides is 1. The van der Waals surface area contributed by atoms with Gasteiger partial charge in [-0.15, -0.1) is 0 Å². The van der Waals surface area contributed by atoms with Crippen LogP contribution >= 0.6 is 15.9 Å². The summed E-state index contributed by atoms with van der Waals surface area (Å²) in [5.41, 5.74) is 2.25. The number of hydrogen-bond acceptors (Lipinski definition) is 3. The summed E-state index contributed by atoms with van der Waals surface area (Å²) < 4.78 is 4.42. The Labute approximate surface area is 142 Å². The summed E-state index contributed by atoms with van der Waals surface area (Å²) in [6.45, 7) is 5.57. The molecule has 0 atom stereocenters. The summed E-state index contributed by atoms with van der Waals surface area (Å²) in [4.78, 5) is 17.1. The molecule has 0 bridgehead atoms. The van der Waals surface area contributed by atoms with Crippen LogP contribution in [-0.4, -0.2) is 25.2 Å². The lowest BCUT2D eigenvalue weighted by Crippen LogP contribution is -2.17. The Morgan fingerprint density at radius 3 is 2.78 bits per heavy atom. The second-order valence-corrected chi connectivity index (χ2v) is 6.07. The fourth-order valence-corrected chi connectivity index (χ4v) is 2.99. The first kappa shape index (κ1) is 15.7. The third-order valence-corrected chi connectivity index (χ3v) is 4.16. The first-order valence-electron chi connectivity index (χ1n) is 7.63. The number of rotatable bonds is 5. The Morgan fingerprint density at radius 2 is 2.09 bits per heavy atom. The molecule has 0 unspecified atom stereocenters. The van der Waals surface area contributed by atoms with Crippen molar-refractivity contribution in [3.05, 3.63) is 40.6 Å². The summed E-state index contributed by atoms with van der Waals surface area (Å²) in [5, 5.41) is 7.16. The molecule has 0 aliphatic carbocycles. The zero-order chi connectivity index (χ0) is 16.4. The van der Waals surface area contributed by atoms with E-state index in [4.69, 9.17) is 0 Å². The smallest absolute Gasteiger partial charge is 0.279 e. The molecule has 0 aliphatic rings. The van der Waals surface area contributed by atoms with Crippen molar-refractivity contribution in [1.29, 1.82) is 0 Å². The van der Waals surface area contributed by atoms with Gasteiger partial charge in [0.05, 0.1) is 15.5 Å². The van der Waals surface area contributed by atoms with Gasteiger partial charge in [0.15, 0.2) is 5.69 Å². The number of carbonyl (C=O) groups is 1. The van der Waals surface area contributed by atoms with Gasteiger partial charge < -0.3 is 4.57 Å². The molecular formula is C16H18BrN5O. The first-order chi connectivity index (χ1) is 11.1. The number of imidazole rings is 1. The lowest BCUT2D eigenvalue weighted by molar-refractivity contribution is 0.101. The normalized spacial score (nSPS) is 11.1. The number of hydrogen-bond donors (Lipinski definition) is 1. The minimum atomic E-state index is -0.267. The minimum Gasteiger partial charge on any atom is -0.310 e. The molecule has 2 heterocycles. The second kappa shape index (κ2) is 6.54. The van der Waals surface area contributed by atoms with Crippen molar-refractivity contribution in [3.63, 3.8) is 0 Å². The van der Waals surface area contributed by atoms with Crippen LogP contribution in [0.3, 0.4) is 0 Å². The maximum atomic E-state index is 12.5. The molecule has 2 aromatic heterocycles. The standard InChI is InChI=1S/C16H18BrN5O/c1-3-9-22-13-8-6-5-7-12(13)18-16(22)19-15(23)14-11(17)10-21(4-2)20-14/h5-8,10H,3-4,9H2,1-2H3,(H,18,19,23). The van der Waals surface area contributed by atoms with Crippen LogP contribution in [0.25, 0.3) is 11.0 Å². The van der Waals surface area contributed by atoms with Crippen LogP contribution in [0, 0.1) is 0 Å². The average molecular weight is 376 g/mol. The van der Waals surface area contributed by atoms with Crippen molar-refractivity contribution in [1.82, 2.24) is 19.3 Å². The van der Waals surface area contributed by atoms with Crippen LogP contribution in [0.15, 0.2) is 34.9 Å². The zero-order valence-electron chi connectivity index (χ0n) is 13.1. The lowest BCUT2D eigenvalue weighted by atomic mass is 10.3. The maximum absolute atomic E-state index is 12.5. The van der Waals surface area contributed by atoms with Gasteiger partial charge in [0.1, 0.15) is 0 Å². The average Bonchev–Trinajstić information content (AvgIpc) is 3.09. The van der Waals surface area contributed by atoms with E-state index in [2.05, 4.69) is 38.3 Å². The highest BCUT2D eigenvalue weighted by atomic mass is 79.9. The highest BCUT2D eigenvalue weighted by Crippen LogP contribution is 2.22. The third kappa shape index (κ3) is 3.01. The molecule has 3 aromatic rings. The molecule has 0 aliphatic heterocycles. The van der Waals surface area contributed by atoms with Gasteiger partial charge in [-0.3, -0.25) is 14.8 Å². The number of carbonyl (C=O) groups excluding carboxylic acids is 1.